The Morgan fingerprint density at radius 3 is 2.68 bits per heavy atom. The van der Waals surface area contributed by atoms with Crippen LogP contribution in [0.2, 0.25) is 0 Å². The van der Waals surface area contributed by atoms with Gasteiger partial charge in [0.25, 0.3) is 0 Å². The zero-order valence-corrected chi connectivity index (χ0v) is 20.6. The predicted octanol–water partition coefficient (Wildman–Crippen LogP) is 4.56. The Morgan fingerprint density at radius 1 is 1.06 bits per heavy atom. The van der Waals surface area contributed by atoms with Crippen LogP contribution in [0.1, 0.15) is 42.6 Å². The molecule has 2 N–H and O–H groups in total. The molecule has 2 unspecified atom stereocenters. The van der Waals surface area contributed by atoms with E-state index in [-0.39, 0.29) is 36.9 Å². The Hall–Kier alpha value is -2.00. The summed E-state index contributed by atoms with van der Waals surface area (Å²) >= 11 is 0. The van der Waals surface area contributed by atoms with Crippen LogP contribution in [-0.2, 0) is 11.3 Å². The zero-order valence-electron chi connectivity index (χ0n) is 18.2. The molecular formula is C24H32IN3O3. The number of ether oxygens (including phenoxy) is 3. The normalized spacial score (nSPS) is 20.1. The van der Waals surface area contributed by atoms with Gasteiger partial charge in [0.15, 0.2) is 17.5 Å². The van der Waals surface area contributed by atoms with Crippen LogP contribution in [-0.4, -0.2) is 32.4 Å². The predicted molar refractivity (Wildman–Crippen MR) is 133 cm³/mol. The fourth-order valence-electron chi connectivity index (χ4n) is 3.96. The first-order valence-corrected chi connectivity index (χ1v) is 10.8. The smallest absolute Gasteiger partial charge is 0.231 e. The molecule has 0 radical (unpaired) electrons. The summed E-state index contributed by atoms with van der Waals surface area (Å²) in [5, 5.41) is 6.88. The molecule has 0 aliphatic carbocycles. The monoisotopic (exact) mass is 537 g/mol. The van der Waals surface area contributed by atoms with Crippen molar-refractivity contribution in [3.8, 4) is 11.5 Å². The minimum Gasteiger partial charge on any atom is -0.454 e. The van der Waals surface area contributed by atoms with E-state index in [9.17, 15) is 0 Å². The molecule has 2 aliphatic rings. The van der Waals surface area contributed by atoms with Gasteiger partial charge >= 0.3 is 0 Å². The van der Waals surface area contributed by atoms with E-state index < -0.39 is 0 Å². The van der Waals surface area contributed by atoms with Crippen molar-refractivity contribution >= 4 is 29.9 Å². The van der Waals surface area contributed by atoms with Crippen LogP contribution in [0.25, 0.3) is 0 Å². The third kappa shape index (κ3) is 6.26. The summed E-state index contributed by atoms with van der Waals surface area (Å²) in [6.07, 6.45) is 2.37. The first-order valence-electron chi connectivity index (χ1n) is 10.8. The molecule has 4 rings (SSSR count). The van der Waals surface area contributed by atoms with E-state index in [4.69, 9.17) is 19.2 Å². The minimum atomic E-state index is 0. The average molecular weight is 537 g/mol. The maximum absolute atomic E-state index is 6.15. The van der Waals surface area contributed by atoms with Crippen molar-refractivity contribution in [2.45, 2.75) is 39.3 Å². The number of nitrogens with one attached hydrogen (secondary N) is 2. The molecule has 31 heavy (non-hydrogen) atoms. The lowest BCUT2D eigenvalue weighted by Crippen LogP contribution is -2.42. The third-order valence-corrected chi connectivity index (χ3v) is 5.58. The molecule has 0 spiro atoms. The SMILES string of the molecule is CCNC(=NCc1ccc2c(c1)OCO2)NCC1CCCOC1c1ccc(C)cc1.I. The summed E-state index contributed by atoms with van der Waals surface area (Å²) in [6.45, 7) is 7.53. The molecule has 2 aromatic rings. The average Bonchev–Trinajstić information content (AvgIpc) is 3.24. The summed E-state index contributed by atoms with van der Waals surface area (Å²) in [6, 6.07) is 14.7. The van der Waals surface area contributed by atoms with E-state index in [1.54, 1.807) is 0 Å². The van der Waals surface area contributed by atoms with Crippen LogP contribution in [0, 0.1) is 12.8 Å². The van der Waals surface area contributed by atoms with Crippen LogP contribution in [0.15, 0.2) is 47.5 Å². The zero-order chi connectivity index (χ0) is 20.8. The molecule has 0 amide bonds. The second-order valence-corrected chi connectivity index (χ2v) is 7.87. The van der Waals surface area contributed by atoms with Gasteiger partial charge in [0.1, 0.15) is 0 Å². The molecular weight excluding hydrogens is 505 g/mol. The third-order valence-electron chi connectivity index (χ3n) is 5.58. The Kier molecular flexibility index (Phi) is 8.83. The van der Waals surface area contributed by atoms with Crippen molar-refractivity contribution in [2.75, 3.05) is 26.5 Å². The molecule has 2 heterocycles. The van der Waals surface area contributed by atoms with Gasteiger partial charge in [-0.25, -0.2) is 4.99 Å². The van der Waals surface area contributed by atoms with E-state index >= 15 is 0 Å². The number of halogens is 1. The molecule has 2 aliphatic heterocycles. The van der Waals surface area contributed by atoms with E-state index in [2.05, 4.69) is 48.7 Å². The molecule has 0 saturated carbocycles. The molecule has 0 bridgehead atoms. The lowest BCUT2D eigenvalue weighted by Gasteiger charge is -2.32. The van der Waals surface area contributed by atoms with Gasteiger partial charge in [-0.15, -0.1) is 24.0 Å². The van der Waals surface area contributed by atoms with Crippen molar-refractivity contribution in [1.29, 1.82) is 0 Å². The Bertz CT molecular complexity index is 873. The first-order chi connectivity index (χ1) is 14.7. The van der Waals surface area contributed by atoms with Gasteiger partial charge in [0.05, 0.1) is 12.6 Å². The van der Waals surface area contributed by atoms with Gasteiger partial charge in [-0.05, 0) is 49.9 Å². The summed E-state index contributed by atoms with van der Waals surface area (Å²) in [4.78, 5) is 4.76. The summed E-state index contributed by atoms with van der Waals surface area (Å²) in [5.41, 5.74) is 3.62. The molecule has 1 fully saturated rings. The molecule has 168 valence electrons. The largest absolute Gasteiger partial charge is 0.454 e. The molecule has 2 atom stereocenters. The minimum absolute atomic E-state index is 0. The number of nitrogens with zero attached hydrogens (tertiary/aromatic N) is 1. The number of guanidine groups is 1. The highest BCUT2D eigenvalue weighted by molar-refractivity contribution is 14.0. The lowest BCUT2D eigenvalue weighted by atomic mass is 9.89. The number of hydrogen-bond donors (Lipinski definition) is 2. The van der Waals surface area contributed by atoms with Gasteiger partial charge in [-0.3, -0.25) is 0 Å². The van der Waals surface area contributed by atoms with Crippen LogP contribution in [0.4, 0.5) is 0 Å². The lowest BCUT2D eigenvalue weighted by molar-refractivity contribution is -0.0265. The van der Waals surface area contributed by atoms with E-state index in [0.717, 1.165) is 55.6 Å². The summed E-state index contributed by atoms with van der Waals surface area (Å²) < 4.78 is 17.0. The fourth-order valence-corrected chi connectivity index (χ4v) is 3.96. The number of aliphatic imine (C=N–C) groups is 1. The Balaban J connectivity index is 0.00000272. The molecule has 1 saturated heterocycles. The maximum Gasteiger partial charge on any atom is 0.231 e. The maximum atomic E-state index is 6.15. The molecule has 0 aromatic heterocycles. The van der Waals surface area contributed by atoms with Crippen molar-refractivity contribution in [3.63, 3.8) is 0 Å². The number of fused-ring (bicyclic) bond motifs is 1. The van der Waals surface area contributed by atoms with Gasteiger partial charge in [-0.1, -0.05) is 35.9 Å². The van der Waals surface area contributed by atoms with Gasteiger partial charge in [0.2, 0.25) is 6.79 Å². The quantitative estimate of drug-likeness (QED) is 0.322. The van der Waals surface area contributed by atoms with Gasteiger partial charge in [-0.2, -0.15) is 0 Å². The first kappa shape index (κ1) is 23.7. The Labute approximate surface area is 201 Å². The number of benzene rings is 2. The van der Waals surface area contributed by atoms with Crippen molar-refractivity contribution in [3.05, 3.63) is 59.2 Å². The van der Waals surface area contributed by atoms with E-state index in [1.165, 1.54) is 11.1 Å². The van der Waals surface area contributed by atoms with E-state index in [1.807, 2.05) is 18.2 Å². The Morgan fingerprint density at radius 2 is 1.87 bits per heavy atom. The van der Waals surface area contributed by atoms with Crippen molar-refractivity contribution < 1.29 is 14.2 Å². The highest BCUT2D eigenvalue weighted by Gasteiger charge is 2.27. The highest BCUT2D eigenvalue weighted by atomic mass is 127. The second-order valence-electron chi connectivity index (χ2n) is 7.87. The van der Waals surface area contributed by atoms with Gasteiger partial charge < -0.3 is 24.8 Å². The second kappa shape index (κ2) is 11.6. The van der Waals surface area contributed by atoms with Gasteiger partial charge in [0, 0.05) is 25.6 Å². The molecule has 2 aromatic carbocycles. The highest BCUT2D eigenvalue weighted by Crippen LogP contribution is 2.34. The number of aryl methyl sites for hydroxylation is 1. The molecule has 6 nitrogen and oxygen atoms in total. The van der Waals surface area contributed by atoms with Crippen molar-refractivity contribution in [2.24, 2.45) is 10.9 Å². The van der Waals surface area contributed by atoms with Crippen LogP contribution in [0.3, 0.4) is 0 Å². The molecule has 7 heteroatoms. The number of rotatable bonds is 6. The van der Waals surface area contributed by atoms with Crippen LogP contribution < -0.4 is 20.1 Å². The summed E-state index contributed by atoms with van der Waals surface area (Å²) in [7, 11) is 0. The van der Waals surface area contributed by atoms with Crippen LogP contribution in [0.5, 0.6) is 11.5 Å². The standard InChI is InChI=1S/C24H31N3O3.HI/c1-3-25-24(26-14-18-8-11-21-22(13-18)30-16-29-21)27-15-20-5-4-12-28-23(20)19-9-6-17(2)7-10-19;/h6-11,13,20,23H,3-5,12,14-16H2,1-2H3,(H2,25,26,27);1H. The number of hydrogen-bond acceptors (Lipinski definition) is 4. The topological polar surface area (TPSA) is 64.1 Å². The van der Waals surface area contributed by atoms with Crippen LogP contribution >= 0.6 is 24.0 Å². The summed E-state index contributed by atoms with van der Waals surface area (Å²) in [5.74, 6) is 2.83. The fraction of sp³-hybridized carbons (Fsp3) is 0.458. The van der Waals surface area contributed by atoms with E-state index in [0.29, 0.717) is 12.5 Å². The van der Waals surface area contributed by atoms with Crippen molar-refractivity contribution in [1.82, 2.24) is 10.6 Å².